The summed E-state index contributed by atoms with van der Waals surface area (Å²) in [6, 6.07) is 1.97. The van der Waals surface area contributed by atoms with Gasteiger partial charge in [0.05, 0.1) is 0 Å². The molecule has 1 aromatic rings. The molecule has 1 aromatic heterocycles. The van der Waals surface area contributed by atoms with Gasteiger partial charge in [-0.15, -0.1) is 0 Å². The predicted octanol–water partition coefficient (Wildman–Crippen LogP) is 3.33. The summed E-state index contributed by atoms with van der Waals surface area (Å²) >= 11 is 0. The Morgan fingerprint density at radius 2 is 1.75 bits per heavy atom. The number of Topliss-reactive ketones (excluding diaryl/α,β-unsaturated/α-hetero) is 1. The standard InChI is InChI=1S/C11H12F3NO/c1-10(2,3)9(16)7-4-5-8(15-6-7)11(12,13)14/h4-6H,1-3H3. The van der Waals surface area contributed by atoms with Crippen LogP contribution in [0, 0.1) is 5.41 Å². The van der Waals surface area contributed by atoms with Gasteiger partial charge in [0.1, 0.15) is 5.69 Å². The van der Waals surface area contributed by atoms with E-state index in [-0.39, 0.29) is 11.3 Å². The minimum atomic E-state index is -4.47. The molecule has 0 saturated carbocycles. The molecular weight excluding hydrogens is 219 g/mol. The Morgan fingerprint density at radius 3 is 2.06 bits per heavy atom. The molecule has 1 heterocycles. The van der Waals surface area contributed by atoms with Gasteiger partial charge in [0.2, 0.25) is 0 Å². The minimum absolute atomic E-state index is 0.195. The molecule has 0 amide bonds. The highest BCUT2D eigenvalue weighted by molar-refractivity contribution is 5.99. The van der Waals surface area contributed by atoms with E-state index in [1.807, 2.05) is 0 Å². The van der Waals surface area contributed by atoms with Crippen molar-refractivity contribution in [1.82, 2.24) is 4.98 Å². The van der Waals surface area contributed by atoms with Gasteiger partial charge in [-0.25, -0.2) is 0 Å². The van der Waals surface area contributed by atoms with Crippen molar-refractivity contribution < 1.29 is 18.0 Å². The van der Waals surface area contributed by atoms with Gasteiger partial charge in [0.25, 0.3) is 0 Å². The number of hydrogen-bond acceptors (Lipinski definition) is 2. The smallest absolute Gasteiger partial charge is 0.294 e. The molecule has 0 aliphatic rings. The van der Waals surface area contributed by atoms with Crippen LogP contribution in [0.5, 0.6) is 0 Å². The van der Waals surface area contributed by atoms with Crippen LogP contribution in [0.4, 0.5) is 13.2 Å². The number of hydrogen-bond donors (Lipinski definition) is 0. The van der Waals surface area contributed by atoms with Gasteiger partial charge in [-0.1, -0.05) is 20.8 Å². The number of halogens is 3. The Balaban J connectivity index is 3.01. The van der Waals surface area contributed by atoms with Crippen LogP contribution in [-0.4, -0.2) is 10.8 Å². The third-order valence-electron chi connectivity index (χ3n) is 2.00. The van der Waals surface area contributed by atoms with E-state index in [1.165, 1.54) is 0 Å². The van der Waals surface area contributed by atoms with Gasteiger partial charge in [-0.2, -0.15) is 13.2 Å². The molecule has 2 nitrogen and oxygen atoms in total. The summed E-state index contributed by atoms with van der Waals surface area (Å²) in [4.78, 5) is 14.9. The molecule has 0 bridgehead atoms. The van der Waals surface area contributed by atoms with Crippen LogP contribution in [0.2, 0.25) is 0 Å². The molecule has 16 heavy (non-hydrogen) atoms. The van der Waals surface area contributed by atoms with Crippen molar-refractivity contribution in [2.45, 2.75) is 26.9 Å². The largest absolute Gasteiger partial charge is 0.433 e. The number of alkyl halides is 3. The summed E-state index contributed by atoms with van der Waals surface area (Å²) in [7, 11) is 0. The molecule has 1 rings (SSSR count). The first kappa shape index (κ1) is 12.7. The van der Waals surface area contributed by atoms with E-state index in [4.69, 9.17) is 0 Å². The Labute approximate surface area is 91.5 Å². The molecule has 0 aliphatic heterocycles. The lowest BCUT2D eigenvalue weighted by molar-refractivity contribution is -0.141. The molecule has 0 saturated heterocycles. The van der Waals surface area contributed by atoms with Crippen molar-refractivity contribution in [3.8, 4) is 0 Å². The molecule has 0 unspecified atom stereocenters. The number of aromatic nitrogens is 1. The van der Waals surface area contributed by atoms with Gasteiger partial charge in [-0.3, -0.25) is 9.78 Å². The highest BCUT2D eigenvalue weighted by atomic mass is 19.4. The van der Waals surface area contributed by atoms with Crippen LogP contribution in [0.1, 0.15) is 36.8 Å². The zero-order chi connectivity index (χ0) is 12.6. The van der Waals surface area contributed by atoms with Crippen molar-refractivity contribution >= 4 is 5.78 Å². The first-order valence-electron chi connectivity index (χ1n) is 4.70. The Kier molecular flexibility index (Phi) is 3.08. The van der Waals surface area contributed by atoms with Crippen molar-refractivity contribution in [2.75, 3.05) is 0 Å². The lowest BCUT2D eigenvalue weighted by Gasteiger charge is -2.16. The quantitative estimate of drug-likeness (QED) is 0.694. The fourth-order valence-corrected chi connectivity index (χ4v) is 1.13. The van der Waals surface area contributed by atoms with Gasteiger partial charge >= 0.3 is 6.18 Å². The van der Waals surface area contributed by atoms with Crippen LogP contribution in [-0.2, 0) is 6.18 Å². The zero-order valence-electron chi connectivity index (χ0n) is 9.22. The van der Waals surface area contributed by atoms with E-state index in [0.29, 0.717) is 0 Å². The van der Waals surface area contributed by atoms with Crippen LogP contribution >= 0.6 is 0 Å². The van der Waals surface area contributed by atoms with Crippen molar-refractivity contribution in [3.63, 3.8) is 0 Å². The number of rotatable bonds is 1. The van der Waals surface area contributed by atoms with Crippen molar-refractivity contribution in [3.05, 3.63) is 29.6 Å². The second-order valence-electron chi connectivity index (χ2n) is 4.51. The van der Waals surface area contributed by atoms with Gasteiger partial charge in [-0.05, 0) is 12.1 Å². The summed E-state index contributed by atoms with van der Waals surface area (Å²) in [6.07, 6.45) is -3.50. The van der Waals surface area contributed by atoms with Crippen LogP contribution in [0.15, 0.2) is 18.3 Å². The summed E-state index contributed by atoms with van der Waals surface area (Å²) in [5.41, 5.74) is -1.42. The summed E-state index contributed by atoms with van der Waals surface area (Å²) < 4.78 is 36.6. The second-order valence-corrected chi connectivity index (χ2v) is 4.51. The second kappa shape index (κ2) is 3.88. The third kappa shape index (κ3) is 2.81. The number of carbonyl (C=O) groups is 1. The summed E-state index contributed by atoms with van der Waals surface area (Å²) in [5, 5.41) is 0. The Bertz CT molecular complexity index is 387. The first-order chi connectivity index (χ1) is 7.12. The number of pyridine rings is 1. The van der Waals surface area contributed by atoms with Crippen LogP contribution in [0.3, 0.4) is 0 Å². The Morgan fingerprint density at radius 1 is 1.19 bits per heavy atom. The highest BCUT2D eigenvalue weighted by Gasteiger charge is 2.32. The minimum Gasteiger partial charge on any atom is -0.294 e. The monoisotopic (exact) mass is 231 g/mol. The third-order valence-corrected chi connectivity index (χ3v) is 2.00. The van der Waals surface area contributed by atoms with E-state index in [2.05, 4.69) is 4.98 Å². The van der Waals surface area contributed by atoms with Crippen LogP contribution < -0.4 is 0 Å². The molecule has 0 N–H and O–H groups in total. The SMILES string of the molecule is CC(C)(C)C(=O)c1ccc(C(F)(F)F)nc1. The average molecular weight is 231 g/mol. The zero-order valence-corrected chi connectivity index (χ0v) is 9.22. The molecule has 0 fully saturated rings. The highest BCUT2D eigenvalue weighted by Crippen LogP contribution is 2.28. The normalized spacial score (nSPS) is 12.6. The summed E-state index contributed by atoms with van der Waals surface area (Å²) in [6.45, 7) is 5.10. The molecule has 0 aliphatic carbocycles. The summed E-state index contributed by atoms with van der Waals surface area (Å²) in [5.74, 6) is -0.228. The van der Waals surface area contributed by atoms with E-state index < -0.39 is 17.3 Å². The fraction of sp³-hybridized carbons (Fsp3) is 0.455. The van der Waals surface area contributed by atoms with Gasteiger partial charge in [0, 0.05) is 17.2 Å². The lowest BCUT2D eigenvalue weighted by Crippen LogP contribution is -2.20. The maximum Gasteiger partial charge on any atom is 0.433 e. The molecular formula is C11H12F3NO. The number of nitrogens with zero attached hydrogens (tertiary/aromatic N) is 1. The molecule has 0 atom stereocenters. The fourth-order valence-electron chi connectivity index (χ4n) is 1.13. The molecule has 88 valence electrons. The lowest BCUT2D eigenvalue weighted by atomic mass is 9.87. The maximum atomic E-state index is 12.2. The van der Waals surface area contributed by atoms with E-state index in [1.54, 1.807) is 20.8 Å². The van der Waals surface area contributed by atoms with Crippen molar-refractivity contribution in [1.29, 1.82) is 0 Å². The molecule has 0 radical (unpaired) electrons. The van der Waals surface area contributed by atoms with Crippen LogP contribution in [0.25, 0.3) is 0 Å². The topological polar surface area (TPSA) is 30.0 Å². The molecule has 5 heteroatoms. The van der Waals surface area contributed by atoms with E-state index in [9.17, 15) is 18.0 Å². The Hall–Kier alpha value is -1.39. The maximum absolute atomic E-state index is 12.2. The number of ketones is 1. The molecule has 0 aromatic carbocycles. The average Bonchev–Trinajstić information content (AvgIpc) is 2.14. The number of carbonyl (C=O) groups excluding carboxylic acids is 1. The first-order valence-corrected chi connectivity index (χ1v) is 4.70. The van der Waals surface area contributed by atoms with Crippen molar-refractivity contribution in [2.24, 2.45) is 5.41 Å². The van der Waals surface area contributed by atoms with Gasteiger partial charge < -0.3 is 0 Å². The van der Waals surface area contributed by atoms with E-state index >= 15 is 0 Å². The predicted molar refractivity (Wildman–Crippen MR) is 53.0 cm³/mol. The van der Waals surface area contributed by atoms with Gasteiger partial charge in [0.15, 0.2) is 5.78 Å². The van der Waals surface area contributed by atoms with E-state index in [0.717, 1.165) is 18.3 Å². The molecule has 0 spiro atoms.